The van der Waals surface area contributed by atoms with Crippen LogP contribution in [0.15, 0.2) is 48.5 Å². The first-order valence-electron chi connectivity index (χ1n) is 10.0. The van der Waals surface area contributed by atoms with Crippen LogP contribution in [-0.4, -0.2) is 47.2 Å². The van der Waals surface area contributed by atoms with E-state index in [4.69, 9.17) is 0 Å². The van der Waals surface area contributed by atoms with E-state index in [1.807, 2.05) is 18.2 Å². The number of halogens is 1. The summed E-state index contributed by atoms with van der Waals surface area (Å²) < 4.78 is 13.9. The lowest BCUT2D eigenvalue weighted by Gasteiger charge is -2.32. The molecule has 2 heterocycles. The number of nitrogens with zero attached hydrogens (tertiary/aromatic N) is 2. The minimum Gasteiger partial charge on any atom is -0.343 e. The maximum Gasteiger partial charge on any atom is 0.264 e. The number of hydrogen-bond acceptors (Lipinski definition) is 3. The van der Waals surface area contributed by atoms with Gasteiger partial charge in [-0.1, -0.05) is 36.4 Å². The molecule has 3 amide bonds. The summed E-state index contributed by atoms with van der Waals surface area (Å²) in [6.07, 6.45) is 2.97. The van der Waals surface area contributed by atoms with Gasteiger partial charge in [-0.25, -0.2) is 4.39 Å². The molecule has 2 aliphatic heterocycles. The molecule has 5 nitrogen and oxygen atoms in total. The van der Waals surface area contributed by atoms with Crippen LogP contribution in [0.2, 0.25) is 0 Å². The van der Waals surface area contributed by atoms with Gasteiger partial charge in [-0.05, 0) is 42.9 Å². The van der Waals surface area contributed by atoms with Gasteiger partial charge in [-0.2, -0.15) is 0 Å². The third-order valence-electron chi connectivity index (χ3n) is 5.83. The fourth-order valence-electron chi connectivity index (χ4n) is 4.19. The van der Waals surface area contributed by atoms with Crippen molar-refractivity contribution in [2.75, 3.05) is 19.6 Å². The molecule has 1 fully saturated rings. The maximum absolute atomic E-state index is 13.9. The van der Waals surface area contributed by atoms with E-state index in [-0.39, 0.29) is 30.0 Å². The number of hydrogen-bond donors (Lipinski definition) is 0. The van der Waals surface area contributed by atoms with E-state index >= 15 is 0 Å². The van der Waals surface area contributed by atoms with Gasteiger partial charge < -0.3 is 4.90 Å². The molecule has 0 unspecified atom stereocenters. The molecule has 0 bridgehead atoms. The van der Waals surface area contributed by atoms with Crippen molar-refractivity contribution in [3.63, 3.8) is 0 Å². The summed E-state index contributed by atoms with van der Waals surface area (Å²) in [7, 11) is 0. The number of piperidine rings is 1. The average molecular weight is 394 g/mol. The summed E-state index contributed by atoms with van der Waals surface area (Å²) in [6.45, 7) is 1.36. The van der Waals surface area contributed by atoms with Gasteiger partial charge in [0.05, 0.1) is 11.1 Å². The summed E-state index contributed by atoms with van der Waals surface area (Å²) in [5.41, 5.74) is 1.20. The molecule has 0 radical (unpaired) electrons. The van der Waals surface area contributed by atoms with Crippen LogP contribution in [-0.2, 0) is 11.2 Å². The Kier molecular flexibility index (Phi) is 5.43. The second kappa shape index (κ2) is 8.15. The average Bonchev–Trinajstić information content (AvgIpc) is 2.98. The molecule has 0 saturated carbocycles. The van der Waals surface area contributed by atoms with Crippen LogP contribution in [0.3, 0.4) is 0 Å². The number of rotatable bonds is 5. The van der Waals surface area contributed by atoms with Crippen LogP contribution in [0, 0.1) is 11.7 Å². The number of fused-ring (bicyclic) bond motifs is 1. The van der Waals surface area contributed by atoms with E-state index in [1.54, 1.807) is 4.90 Å². The van der Waals surface area contributed by atoms with Crippen LogP contribution in [0.5, 0.6) is 0 Å². The molecule has 2 aromatic rings. The summed E-state index contributed by atoms with van der Waals surface area (Å²) >= 11 is 0. The molecule has 0 atom stereocenters. The first kappa shape index (κ1) is 19.3. The van der Waals surface area contributed by atoms with Crippen molar-refractivity contribution in [2.24, 2.45) is 5.92 Å². The molecular weight excluding hydrogens is 371 g/mol. The van der Waals surface area contributed by atoms with Gasteiger partial charge >= 0.3 is 0 Å². The predicted octanol–water partition coefficient (Wildman–Crippen LogP) is 3.29. The molecular formula is C23H23FN2O3. The molecule has 1 saturated heterocycles. The Labute approximate surface area is 169 Å². The smallest absolute Gasteiger partial charge is 0.264 e. The zero-order valence-electron chi connectivity index (χ0n) is 16.1. The van der Waals surface area contributed by atoms with Gasteiger partial charge in [0.1, 0.15) is 5.82 Å². The van der Waals surface area contributed by atoms with Gasteiger partial charge in [-0.15, -0.1) is 0 Å². The van der Waals surface area contributed by atoms with Crippen molar-refractivity contribution in [2.45, 2.75) is 25.7 Å². The van der Waals surface area contributed by atoms with Crippen LogP contribution in [0.1, 0.15) is 45.5 Å². The normalized spacial score (nSPS) is 17.0. The van der Waals surface area contributed by atoms with Crippen molar-refractivity contribution < 1.29 is 18.8 Å². The minimum atomic E-state index is -0.699. The zero-order valence-corrected chi connectivity index (χ0v) is 16.1. The van der Waals surface area contributed by atoms with Crippen LogP contribution in [0.25, 0.3) is 0 Å². The van der Waals surface area contributed by atoms with Gasteiger partial charge in [0.2, 0.25) is 5.91 Å². The van der Waals surface area contributed by atoms with Crippen molar-refractivity contribution in [1.29, 1.82) is 0 Å². The quantitative estimate of drug-likeness (QED) is 0.732. The highest BCUT2D eigenvalue weighted by atomic mass is 19.1. The number of carbonyl (C=O) groups is 3. The Hall–Kier alpha value is -3.02. The molecule has 2 aromatic carbocycles. The van der Waals surface area contributed by atoms with Gasteiger partial charge in [0.25, 0.3) is 11.8 Å². The Balaban J connectivity index is 1.28. The molecule has 4 rings (SSSR count). The third-order valence-corrected chi connectivity index (χ3v) is 5.83. The topological polar surface area (TPSA) is 57.7 Å². The largest absolute Gasteiger partial charge is 0.343 e. The number of imide groups is 1. The highest BCUT2D eigenvalue weighted by molar-refractivity contribution is 6.21. The van der Waals surface area contributed by atoms with E-state index in [2.05, 4.69) is 12.1 Å². The third kappa shape index (κ3) is 3.92. The number of likely N-dealkylation sites (tertiary alicyclic amines) is 1. The lowest BCUT2D eigenvalue weighted by atomic mass is 9.90. The van der Waals surface area contributed by atoms with E-state index in [1.165, 1.54) is 17.7 Å². The molecule has 0 aliphatic carbocycles. The van der Waals surface area contributed by atoms with Crippen molar-refractivity contribution >= 4 is 17.7 Å². The number of amides is 3. The minimum absolute atomic E-state index is 0.0193. The van der Waals surface area contributed by atoms with Crippen molar-refractivity contribution in [3.05, 3.63) is 71.0 Å². The van der Waals surface area contributed by atoms with E-state index in [9.17, 15) is 18.8 Å². The summed E-state index contributed by atoms with van der Waals surface area (Å²) in [5, 5.41) is 0. The highest BCUT2D eigenvalue weighted by Crippen LogP contribution is 2.26. The molecule has 0 spiro atoms. The molecule has 2 aliphatic rings. The predicted molar refractivity (Wildman–Crippen MR) is 106 cm³/mol. The Bertz CT molecular complexity index is 936. The fraction of sp³-hybridized carbons (Fsp3) is 0.348. The van der Waals surface area contributed by atoms with Crippen molar-refractivity contribution in [1.82, 2.24) is 9.80 Å². The van der Waals surface area contributed by atoms with Crippen LogP contribution >= 0.6 is 0 Å². The van der Waals surface area contributed by atoms with E-state index in [0.717, 1.165) is 30.2 Å². The number of carbonyl (C=O) groups excluding carboxylic acids is 3. The lowest BCUT2D eigenvalue weighted by molar-refractivity contribution is -0.132. The van der Waals surface area contributed by atoms with E-state index < -0.39 is 17.6 Å². The molecule has 29 heavy (non-hydrogen) atoms. The van der Waals surface area contributed by atoms with Crippen LogP contribution < -0.4 is 0 Å². The zero-order chi connectivity index (χ0) is 20.4. The Morgan fingerprint density at radius 1 is 0.966 bits per heavy atom. The standard InChI is InChI=1S/C23H23FN2O3/c24-19-8-4-7-18-21(19)23(29)26(22(18)28)14-11-20(27)25-12-9-17(10-13-25)15-16-5-2-1-3-6-16/h1-8,17H,9-15H2. The monoisotopic (exact) mass is 394 g/mol. The number of benzene rings is 2. The Morgan fingerprint density at radius 2 is 1.69 bits per heavy atom. The second-order valence-corrected chi connectivity index (χ2v) is 7.69. The highest BCUT2D eigenvalue weighted by Gasteiger charge is 2.38. The maximum atomic E-state index is 13.9. The van der Waals surface area contributed by atoms with Crippen molar-refractivity contribution in [3.8, 4) is 0 Å². The summed E-state index contributed by atoms with van der Waals surface area (Å²) in [5.74, 6) is -1.40. The van der Waals surface area contributed by atoms with Gasteiger partial charge in [0, 0.05) is 26.1 Å². The lowest BCUT2D eigenvalue weighted by Crippen LogP contribution is -2.41. The first-order chi connectivity index (χ1) is 14.0. The molecule has 150 valence electrons. The Morgan fingerprint density at radius 3 is 2.38 bits per heavy atom. The van der Waals surface area contributed by atoms with E-state index in [0.29, 0.717) is 19.0 Å². The van der Waals surface area contributed by atoms with Crippen LogP contribution in [0.4, 0.5) is 4.39 Å². The SMILES string of the molecule is O=C(CCN1C(=O)c2cccc(F)c2C1=O)N1CCC(Cc2ccccc2)CC1. The van der Waals surface area contributed by atoms with Gasteiger partial charge in [-0.3, -0.25) is 19.3 Å². The molecule has 6 heteroatoms. The molecule has 0 aromatic heterocycles. The van der Waals surface area contributed by atoms with Gasteiger partial charge in [0.15, 0.2) is 0 Å². The fourth-order valence-corrected chi connectivity index (χ4v) is 4.19. The summed E-state index contributed by atoms with van der Waals surface area (Å²) in [4.78, 5) is 40.1. The summed E-state index contributed by atoms with van der Waals surface area (Å²) in [6, 6.07) is 14.4. The second-order valence-electron chi connectivity index (χ2n) is 7.69. The first-order valence-corrected chi connectivity index (χ1v) is 10.0. The molecule has 0 N–H and O–H groups in total.